The van der Waals surface area contributed by atoms with Crippen molar-refractivity contribution in [3.8, 4) is 0 Å². The van der Waals surface area contributed by atoms with Crippen molar-refractivity contribution in [2.45, 2.75) is 90.0 Å². The molecule has 2 fully saturated rings. The van der Waals surface area contributed by atoms with Crippen LogP contribution in [0.3, 0.4) is 0 Å². The summed E-state index contributed by atoms with van der Waals surface area (Å²) in [4.78, 5) is 38.9. The van der Waals surface area contributed by atoms with Crippen LogP contribution in [0, 0.1) is 6.92 Å². The molecule has 12 heteroatoms. The molecule has 1 aliphatic heterocycles. The highest BCUT2D eigenvalue weighted by Gasteiger charge is 2.41. The van der Waals surface area contributed by atoms with Gasteiger partial charge in [0.05, 0.1) is 17.4 Å². The second-order valence-electron chi connectivity index (χ2n) is 12.5. The number of alkyl halides is 2. The number of carbonyl (C=O) groups is 2. The van der Waals surface area contributed by atoms with Gasteiger partial charge in [-0.3, -0.25) is 14.7 Å². The molecule has 3 aromatic heterocycles. The zero-order valence-corrected chi connectivity index (χ0v) is 23.4. The molecule has 2 aliphatic rings. The van der Waals surface area contributed by atoms with Gasteiger partial charge >= 0.3 is 0 Å². The van der Waals surface area contributed by atoms with E-state index in [4.69, 9.17) is 10.1 Å². The first-order valence-corrected chi connectivity index (χ1v) is 13.4. The summed E-state index contributed by atoms with van der Waals surface area (Å²) in [6.45, 7) is 12.7. The fourth-order valence-electron chi connectivity index (χ4n) is 5.61. The van der Waals surface area contributed by atoms with Crippen molar-refractivity contribution in [2.75, 3.05) is 19.6 Å². The first kappa shape index (κ1) is 27.1. The van der Waals surface area contributed by atoms with E-state index >= 15 is 0 Å². The molecule has 10 nitrogen and oxygen atoms in total. The molecule has 0 atom stereocenters. The Kier molecular flexibility index (Phi) is 6.50. The first-order chi connectivity index (χ1) is 18.1. The van der Waals surface area contributed by atoms with Gasteiger partial charge in [-0.15, -0.1) is 5.10 Å². The van der Waals surface area contributed by atoms with E-state index in [2.05, 4.69) is 36.0 Å². The average molecular weight is 543 g/mol. The van der Waals surface area contributed by atoms with Crippen molar-refractivity contribution in [1.29, 1.82) is 0 Å². The highest BCUT2D eigenvalue weighted by molar-refractivity contribution is 5.94. The van der Waals surface area contributed by atoms with Crippen molar-refractivity contribution in [1.82, 2.24) is 39.6 Å². The SMILES string of the molecule is Cc1nc(C(=O)N2CCN(C(=O)c3cn4nc(C5CCC(F)(F)CC5)cc(C(C)(C)C)c4n3)C(C)(C)C2)n[nH]1. The number of halogens is 2. The van der Waals surface area contributed by atoms with Gasteiger partial charge in [0.25, 0.3) is 11.8 Å². The number of hydrogen-bond donors (Lipinski definition) is 1. The lowest BCUT2D eigenvalue weighted by atomic mass is 9.82. The highest BCUT2D eigenvalue weighted by Crippen LogP contribution is 2.41. The number of piperazine rings is 1. The molecule has 4 heterocycles. The van der Waals surface area contributed by atoms with Crippen LogP contribution in [-0.4, -0.2) is 82.5 Å². The standard InChI is InChI=1S/C27H36F2N8O2/c1-16-30-21(33-32-16)24(39)35-11-12-36(26(5,6)15-35)23(38)20-14-37-22(31-20)18(25(2,3)4)13-19(34-37)17-7-9-27(28,29)10-8-17/h13-14,17H,7-12,15H2,1-6H3,(H,30,32,33). The summed E-state index contributed by atoms with van der Waals surface area (Å²) in [6, 6.07) is 1.98. The van der Waals surface area contributed by atoms with Crippen LogP contribution in [0.4, 0.5) is 8.78 Å². The smallest absolute Gasteiger partial charge is 0.293 e. The Hall–Kier alpha value is -3.44. The molecule has 3 aromatic rings. The Balaban J connectivity index is 1.41. The minimum atomic E-state index is -2.61. The van der Waals surface area contributed by atoms with Gasteiger partial charge in [-0.25, -0.2) is 23.3 Å². The molecular formula is C27H36F2N8O2. The minimum absolute atomic E-state index is 0.0611. The summed E-state index contributed by atoms with van der Waals surface area (Å²) < 4.78 is 29.2. The Labute approximate surface area is 226 Å². The predicted molar refractivity (Wildman–Crippen MR) is 140 cm³/mol. The lowest BCUT2D eigenvalue weighted by Crippen LogP contribution is -2.62. The molecule has 5 rings (SSSR count). The number of hydrogen-bond acceptors (Lipinski definition) is 6. The largest absolute Gasteiger partial charge is 0.332 e. The van der Waals surface area contributed by atoms with E-state index in [0.717, 1.165) is 11.3 Å². The molecule has 1 aliphatic carbocycles. The number of amides is 2. The number of fused-ring (bicyclic) bond motifs is 1. The maximum absolute atomic E-state index is 13.8. The number of aromatic nitrogens is 6. The number of nitrogens with zero attached hydrogens (tertiary/aromatic N) is 7. The van der Waals surface area contributed by atoms with Gasteiger partial charge < -0.3 is 9.80 Å². The second kappa shape index (κ2) is 9.34. The van der Waals surface area contributed by atoms with Crippen molar-refractivity contribution in [2.24, 2.45) is 0 Å². The minimum Gasteiger partial charge on any atom is -0.332 e. The van der Waals surface area contributed by atoms with Gasteiger partial charge in [0.15, 0.2) is 5.65 Å². The van der Waals surface area contributed by atoms with Gasteiger partial charge in [0, 0.05) is 44.0 Å². The van der Waals surface area contributed by atoms with Crippen molar-refractivity contribution in [3.63, 3.8) is 0 Å². The molecule has 39 heavy (non-hydrogen) atoms. The van der Waals surface area contributed by atoms with Crippen LogP contribution in [-0.2, 0) is 5.41 Å². The fourth-order valence-corrected chi connectivity index (χ4v) is 5.61. The molecule has 210 valence electrons. The predicted octanol–water partition coefficient (Wildman–Crippen LogP) is 4.12. The van der Waals surface area contributed by atoms with E-state index in [9.17, 15) is 18.4 Å². The Morgan fingerprint density at radius 2 is 1.77 bits per heavy atom. The molecule has 2 amide bonds. The van der Waals surface area contributed by atoms with E-state index in [1.54, 1.807) is 27.4 Å². The lowest BCUT2D eigenvalue weighted by Gasteiger charge is -2.46. The number of aromatic amines is 1. The number of carbonyl (C=O) groups excluding carboxylic acids is 2. The molecular weight excluding hydrogens is 506 g/mol. The van der Waals surface area contributed by atoms with Gasteiger partial charge in [-0.1, -0.05) is 20.8 Å². The number of aryl methyl sites for hydroxylation is 1. The Bertz CT molecular complexity index is 1410. The lowest BCUT2D eigenvalue weighted by molar-refractivity contribution is -0.0385. The van der Waals surface area contributed by atoms with Crippen molar-refractivity contribution < 1.29 is 18.4 Å². The molecule has 0 spiro atoms. The van der Waals surface area contributed by atoms with Crippen LogP contribution in [0.1, 0.15) is 104 Å². The van der Waals surface area contributed by atoms with Crippen LogP contribution in [0.2, 0.25) is 0 Å². The second-order valence-corrected chi connectivity index (χ2v) is 12.5. The highest BCUT2D eigenvalue weighted by atomic mass is 19.3. The van der Waals surface area contributed by atoms with Gasteiger partial charge in [-0.05, 0) is 45.1 Å². The Morgan fingerprint density at radius 3 is 2.36 bits per heavy atom. The summed E-state index contributed by atoms with van der Waals surface area (Å²) in [5.74, 6) is -2.52. The zero-order chi connectivity index (χ0) is 28.3. The van der Waals surface area contributed by atoms with E-state index in [-0.39, 0.29) is 47.5 Å². The number of H-pyrrole nitrogens is 1. The monoisotopic (exact) mass is 542 g/mol. The third-order valence-electron chi connectivity index (χ3n) is 7.83. The molecule has 1 saturated heterocycles. The average Bonchev–Trinajstić information content (AvgIpc) is 3.47. The van der Waals surface area contributed by atoms with E-state index in [0.29, 0.717) is 43.9 Å². The van der Waals surface area contributed by atoms with E-state index < -0.39 is 11.5 Å². The maximum Gasteiger partial charge on any atom is 0.293 e. The zero-order valence-electron chi connectivity index (χ0n) is 23.4. The molecule has 0 unspecified atom stereocenters. The normalized spacial score (nSPS) is 20.0. The molecule has 0 bridgehead atoms. The molecule has 1 saturated carbocycles. The number of imidazole rings is 1. The van der Waals surface area contributed by atoms with E-state index in [1.807, 2.05) is 19.9 Å². The summed E-state index contributed by atoms with van der Waals surface area (Å²) in [7, 11) is 0. The van der Waals surface area contributed by atoms with Crippen LogP contribution in [0.5, 0.6) is 0 Å². The summed E-state index contributed by atoms with van der Waals surface area (Å²) in [5.41, 5.74) is 1.56. The number of nitrogens with one attached hydrogen (secondary N) is 1. The summed E-state index contributed by atoms with van der Waals surface area (Å²) in [5, 5.41) is 11.4. The fraction of sp³-hybridized carbons (Fsp3) is 0.630. The summed E-state index contributed by atoms with van der Waals surface area (Å²) >= 11 is 0. The Morgan fingerprint density at radius 1 is 1.08 bits per heavy atom. The molecule has 1 N–H and O–H groups in total. The van der Waals surface area contributed by atoms with Crippen LogP contribution >= 0.6 is 0 Å². The van der Waals surface area contributed by atoms with Gasteiger partial charge in [0.2, 0.25) is 11.7 Å². The van der Waals surface area contributed by atoms with E-state index in [1.165, 1.54) is 0 Å². The van der Waals surface area contributed by atoms with Crippen molar-refractivity contribution >= 4 is 17.5 Å². The topological polar surface area (TPSA) is 112 Å². The molecule has 0 radical (unpaired) electrons. The quantitative estimate of drug-likeness (QED) is 0.533. The maximum atomic E-state index is 13.8. The van der Waals surface area contributed by atoms with Crippen LogP contribution in [0.15, 0.2) is 12.3 Å². The number of rotatable bonds is 3. The van der Waals surface area contributed by atoms with Crippen LogP contribution < -0.4 is 0 Å². The van der Waals surface area contributed by atoms with Crippen LogP contribution in [0.25, 0.3) is 5.65 Å². The molecule has 0 aromatic carbocycles. The summed E-state index contributed by atoms with van der Waals surface area (Å²) in [6.07, 6.45) is 2.10. The van der Waals surface area contributed by atoms with Crippen molar-refractivity contribution in [3.05, 3.63) is 40.9 Å². The van der Waals surface area contributed by atoms with Gasteiger partial charge in [-0.2, -0.15) is 5.10 Å². The first-order valence-electron chi connectivity index (χ1n) is 13.4. The third kappa shape index (κ3) is 5.25. The third-order valence-corrected chi connectivity index (χ3v) is 7.83. The van der Waals surface area contributed by atoms with Gasteiger partial charge in [0.1, 0.15) is 11.5 Å².